The van der Waals surface area contributed by atoms with Gasteiger partial charge in [0.1, 0.15) is 0 Å². The van der Waals surface area contributed by atoms with E-state index >= 15 is 0 Å². The molecule has 0 unspecified atom stereocenters. The summed E-state index contributed by atoms with van der Waals surface area (Å²) in [6.07, 6.45) is 16.5. The standard InChI is InChI=1S/C20H34O/c1-17-9-6-10-18(2)12-8-14-20(5,21)16-15-19(3,4)13-7-11-17/h9,12,15-16,21H,6-8,10-11,13-14H2,1-5H3/b16-15-,17-9-,18-12-/t20-/m0/s1. The monoisotopic (exact) mass is 290 g/mol. The van der Waals surface area contributed by atoms with Crippen LogP contribution in [0.2, 0.25) is 0 Å². The predicted octanol–water partition coefficient (Wildman–Crippen LogP) is 5.96. The lowest BCUT2D eigenvalue weighted by Crippen LogP contribution is -2.21. The van der Waals surface area contributed by atoms with Gasteiger partial charge in [0.15, 0.2) is 0 Å². The molecule has 0 amide bonds. The van der Waals surface area contributed by atoms with Gasteiger partial charge in [-0.1, -0.05) is 49.3 Å². The fourth-order valence-electron chi connectivity index (χ4n) is 2.76. The number of hydrogen-bond donors (Lipinski definition) is 1. The Morgan fingerprint density at radius 2 is 1.48 bits per heavy atom. The molecular weight excluding hydrogens is 256 g/mol. The lowest BCUT2D eigenvalue weighted by molar-refractivity contribution is 0.102. The first-order valence-corrected chi connectivity index (χ1v) is 8.44. The first-order valence-electron chi connectivity index (χ1n) is 8.44. The van der Waals surface area contributed by atoms with Crippen LogP contribution in [0.1, 0.15) is 79.6 Å². The second kappa shape index (κ2) is 7.98. The molecule has 0 heterocycles. The first-order chi connectivity index (χ1) is 9.70. The van der Waals surface area contributed by atoms with Gasteiger partial charge in [-0.05, 0) is 71.1 Å². The van der Waals surface area contributed by atoms with E-state index in [2.05, 4.69) is 45.9 Å². The summed E-state index contributed by atoms with van der Waals surface area (Å²) in [5.74, 6) is 0. The van der Waals surface area contributed by atoms with E-state index < -0.39 is 5.60 Å². The SMILES string of the molecule is C/C1=C/CC[C@](C)(O)/C=C\C(C)(C)CCC/C(C)=C\CC1. The highest BCUT2D eigenvalue weighted by Crippen LogP contribution is 2.28. The van der Waals surface area contributed by atoms with E-state index in [1.54, 1.807) is 0 Å². The Hall–Kier alpha value is -0.820. The number of hydrogen-bond acceptors (Lipinski definition) is 1. The van der Waals surface area contributed by atoms with Crippen molar-refractivity contribution in [1.29, 1.82) is 0 Å². The van der Waals surface area contributed by atoms with E-state index in [1.807, 2.05) is 13.0 Å². The van der Waals surface area contributed by atoms with Gasteiger partial charge in [0, 0.05) is 0 Å². The molecule has 0 saturated heterocycles. The molecule has 0 radical (unpaired) electrons. The van der Waals surface area contributed by atoms with E-state index in [-0.39, 0.29) is 5.41 Å². The van der Waals surface area contributed by atoms with Crippen molar-refractivity contribution in [1.82, 2.24) is 0 Å². The molecule has 1 heteroatoms. The third-order valence-corrected chi connectivity index (χ3v) is 4.46. The zero-order chi connectivity index (χ0) is 15.9. The Labute approximate surface area is 131 Å². The molecule has 21 heavy (non-hydrogen) atoms. The van der Waals surface area contributed by atoms with Crippen LogP contribution >= 0.6 is 0 Å². The number of rotatable bonds is 0. The maximum absolute atomic E-state index is 10.5. The molecule has 1 aliphatic carbocycles. The average molecular weight is 290 g/mol. The van der Waals surface area contributed by atoms with Crippen molar-refractivity contribution >= 4 is 0 Å². The fraction of sp³-hybridized carbons (Fsp3) is 0.700. The maximum Gasteiger partial charge on any atom is 0.0802 e. The molecule has 0 aliphatic heterocycles. The van der Waals surface area contributed by atoms with E-state index in [1.165, 1.54) is 30.4 Å². The zero-order valence-corrected chi connectivity index (χ0v) is 14.7. The first kappa shape index (κ1) is 18.2. The minimum atomic E-state index is -0.692. The summed E-state index contributed by atoms with van der Waals surface area (Å²) in [5.41, 5.74) is 2.43. The summed E-state index contributed by atoms with van der Waals surface area (Å²) in [6.45, 7) is 10.9. The van der Waals surface area contributed by atoms with Crippen molar-refractivity contribution in [3.8, 4) is 0 Å². The maximum atomic E-state index is 10.5. The molecule has 120 valence electrons. The lowest BCUT2D eigenvalue weighted by Gasteiger charge is -2.24. The van der Waals surface area contributed by atoms with E-state index in [0.717, 1.165) is 25.7 Å². The molecule has 0 bridgehead atoms. The second-order valence-electron chi connectivity index (χ2n) is 7.71. The minimum Gasteiger partial charge on any atom is -0.386 e. The summed E-state index contributed by atoms with van der Waals surface area (Å²) in [6, 6.07) is 0. The summed E-state index contributed by atoms with van der Waals surface area (Å²) >= 11 is 0. The normalized spacial score (nSPS) is 35.5. The smallest absolute Gasteiger partial charge is 0.0802 e. The van der Waals surface area contributed by atoms with Gasteiger partial charge in [-0.15, -0.1) is 0 Å². The molecule has 1 rings (SSSR count). The molecule has 0 aromatic heterocycles. The molecule has 0 aromatic rings. The van der Waals surface area contributed by atoms with Crippen molar-refractivity contribution in [2.45, 2.75) is 85.2 Å². The summed E-state index contributed by atoms with van der Waals surface area (Å²) in [4.78, 5) is 0. The lowest BCUT2D eigenvalue weighted by atomic mass is 9.84. The third kappa shape index (κ3) is 8.26. The van der Waals surface area contributed by atoms with Gasteiger partial charge in [0.05, 0.1) is 5.60 Å². The van der Waals surface area contributed by atoms with Crippen molar-refractivity contribution in [3.05, 3.63) is 35.5 Å². The van der Waals surface area contributed by atoms with Crippen LogP contribution in [-0.2, 0) is 0 Å². The highest BCUT2D eigenvalue weighted by Gasteiger charge is 2.19. The Bertz CT molecular complexity index is 408. The summed E-state index contributed by atoms with van der Waals surface area (Å²) < 4.78 is 0. The Balaban J connectivity index is 2.82. The zero-order valence-electron chi connectivity index (χ0n) is 14.7. The quantitative estimate of drug-likeness (QED) is 0.546. The molecule has 1 N–H and O–H groups in total. The molecular formula is C20H34O. The van der Waals surface area contributed by atoms with Crippen molar-refractivity contribution in [2.24, 2.45) is 5.41 Å². The van der Waals surface area contributed by atoms with E-state index in [4.69, 9.17) is 0 Å². The van der Waals surface area contributed by atoms with Crippen LogP contribution in [-0.4, -0.2) is 10.7 Å². The second-order valence-corrected chi connectivity index (χ2v) is 7.71. The van der Waals surface area contributed by atoms with Crippen LogP contribution in [0.3, 0.4) is 0 Å². The molecule has 1 atom stereocenters. The molecule has 1 nitrogen and oxygen atoms in total. The Morgan fingerprint density at radius 3 is 2.19 bits per heavy atom. The van der Waals surface area contributed by atoms with Gasteiger partial charge < -0.3 is 5.11 Å². The van der Waals surface area contributed by atoms with Crippen LogP contribution in [0, 0.1) is 5.41 Å². The fourth-order valence-corrected chi connectivity index (χ4v) is 2.76. The van der Waals surface area contributed by atoms with Crippen LogP contribution in [0.4, 0.5) is 0 Å². The Kier molecular flexibility index (Phi) is 6.93. The van der Waals surface area contributed by atoms with Crippen LogP contribution in [0.25, 0.3) is 0 Å². The Morgan fingerprint density at radius 1 is 0.857 bits per heavy atom. The number of allylic oxidation sites excluding steroid dienone is 5. The van der Waals surface area contributed by atoms with Crippen molar-refractivity contribution in [2.75, 3.05) is 0 Å². The van der Waals surface area contributed by atoms with Gasteiger partial charge in [-0.2, -0.15) is 0 Å². The molecule has 0 fully saturated rings. The van der Waals surface area contributed by atoms with Crippen molar-refractivity contribution < 1.29 is 5.11 Å². The summed E-state index contributed by atoms with van der Waals surface area (Å²) in [5, 5.41) is 10.5. The molecule has 1 aliphatic rings. The molecule has 0 aromatic carbocycles. The third-order valence-electron chi connectivity index (χ3n) is 4.46. The predicted molar refractivity (Wildman–Crippen MR) is 93.4 cm³/mol. The van der Waals surface area contributed by atoms with Crippen molar-refractivity contribution in [3.63, 3.8) is 0 Å². The summed E-state index contributed by atoms with van der Waals surface area (Å²) in [7, 11) is 0. The van der Waals surface area contributed by atoms with Gasteiger partial charge in [-0.25, -0.2) is 0 Å². The largest absolute Gasteiger partial charge is 0.386 e. The average Bonchev–Trinajstić information content (AvgIpc) is 2.36. The van der Waals surface area contributed by atoms with Crippen LogP contribution < -0.4 is 0 Å². The van der Waals surface area contributed by atoms with E-state index in [9.17, 15) is 5.11 Å². The molecule has 0 spiro atoms. The van der Waals surface area contributed by atoms with Crippen LogP contribution in [0.5, 0.6) is 0 Å². The van der Waals surface area contributed by atoms with E-state index in [0.29, 0.717) is 0 Å². The van der Waals surface area contributed by atoms with Gasteiger partial charge in [0.25, 0.3) is 0 Å². The minimum absolute atomic E-state index is 0.163. The van der Waals surface area contributed by atoms with Crippen LogP contribution in [0.15, 0.2) is 35.5 Å². The number of aliphatic hydroxyl groups is 1. The van der Waals surface area contributed by atoms with Gasteiger partial charge >= 0.3 is 0 Å². The van der Waals surface area contributed by atoms with Gasteiger partial charge in [-0.3, -0.25) is 0 Å². The highest BCUT2D eigenvalue weighted by atomic mass is 16.3. The topological polar surface area (TPSA) is 20.2 Å². The molecule has 0 saturated carbocycles. The van der Waals surface area contributed by atoms with Gasteiger partial charge in [0.2, 0.25) is 0 Å². The highest BCUT2D eigenvalue weighted by molar-refractivity contribution is 5.08.